The molecule has 16 heteroatoms. The lowest BCUT2D eigenvalue weighted by Crippen LogP contribution is -2.67. The predicted molar refractivity (Wildman–Crippen MR) is 213 cm³/mol. The van der Waals surface area contributed by atoms with Crippen molar-refractivity contribution in [2.45, 2.75) is 86.8 Å². The van der Waals surface area contributed by atoms with E-state index >= 15 is 4.79 Å². The fourth-order valence-electron chi connectivity index (χ4n) is 12.0. The molecule has 15 nitrogen and oxygen atoms in total. The number of phenols is 1. The number of H-pyrrole nitrogens is 1. The summed E-state index contributed by atoms with van der Waals surface area (Å²) in [6, 6.07) is 5.42. The summed E-state index contributed by atoms with van der Waals surface area (Å²) in [6.07, 6.45) is 0.749. The first-order chi connectivity index (χ1) is 28.3. The lowest BCUT2D eigenvalue weighted by atomic mass is 9.75. The molecule has 8 aliphatic heterocycles. The van der Waals surface area contributed by atoms with Crippen molar-refractivity contribution in [2.24, 2.45) is 0 Å². The Morgan fingerprint density at radius 1 is 1.07 bits per heavy atom. The van der Waals surface area contributed by atoms with E-state index in [9.17, 15) is 20.1 Å². The lowest BCUT2D eigenvalue weighted by Gasteiger charge is -2.59. The first kappa shape index (κ1) is 37.3. The van der Waals surface area contributed by atoms with Gasteiger partial charge in [-0.15, -0.1) is 11.8 Å². The highest BCUT2D eigenvalue weighted by Gasteiger charge is 2.72. The second-order valence-electron chi connectivity index (χ2n) is 17.2. The van der Waals surface area contributed by atoms with Crippen molar-refractivity contribution in [1.82, 2.24) is 20.1 Å². The maximum Gasteiger partial charge on any atom is 0.333 e. The minimum atomic E-state index is -1.47. The van der Waals surface area contributed by atoms with Crippen LogP contribution in [0.15, 0.2) is 24.3 Å². The second-order valence-corrected chi connectivity index (χ2v) is 18.4. The van der Waals surface area contributed by atoms with E-state index in [0.717, 1.165) is 33.2 Å². The number of ether oxygens (including phenoxy) is 6. The van der Waals surface area contributed by atoms with Crippen molar-refractivity contribution < 1.29 is 53.3 Å². The minimum absolute atomic E-state index is 0.0505. The number of hydrogen-bond donors (Lipinski definition) is 5. The van der Waals surface area contributed by atoms with E-state index < -0.39 is 58.2 Å². The normalized spacial score (nSPS) is 32.4. The van der Waals surface area contributed by atoms with Crippen molar-refractivity contribution in [3.05, 3.63) is 68.9 Å². The first-order valence-corrected chi connectivity index (χ1v) is 21.0. The summed E-state index contributed by atoms with van der Waals surface area (Å²) < 4.78 is 36.5. The van der Waals surface area contributed by atoms with Gasteiger partial charge in [-0.1, -0.05) is 0 Å². The molecule has 1 aromatic heterocycles. The summed E-state index contributed by atoms with van der Waals surface area (Å²) in [5, 5.41) is 39.9. The predicted octanol–water partition coefficient (Wildman–Crippen LogP) is 4.00. The molecular weight excluding hydrogens is 781 g/mol. The highest BCUT2D eigenvalue weighted by atomic mass is 32.2. The average molecular weight is 827 g/mol. The molecule has 310 valence electrons. The molecule has 4 aromatic rings. The van der Waals surface area contributed by atoms with Gasteiger partial charge in [-0.25, -0.2) is 4.79 Å². The van der Waals surface area contributed by atoms with E-state index in [2.05, 4.69) is 33.1 Å². The molecule has 0 amide bonds. The fraction of sp³-hybridized carbons (Fsp3) is 0.488. The van der Waals surface area contributed by atoms with Crippen molar-refractivity contribution in [2.75, 3.05) is 46.5 Å². The molecule has 0 saturated carbocycles. The Bertz CT molecular complexity index is 2540. The zero-order chi connectivity index (χ0) is 41.1. The van der Waals surface area contributed by atoms with Crippen LogP contribution in [0, 0.1) is 13.8 Å². The van der Waals surface area contributed by atoms with E-state index in [4.69, 9.17) is 28.4 Å². The number of rotatable bonds is 4. The zero-order valence-corrected chi connectivity index (χ0v) is 34.4. The van der Waals surface area contributed by atoms with Crippen LogP contribution >= 0.6 is 11.8 Å². The highest BCUT2D eigenvalue weighted by molar-refractivity contribution is 7.99. The van der Waals surface area contributed by atoms with Crippen LogP contribution < -0.4 is 29.0 Å². The van der Waals surface area contributed by atoms with Crippen LogP contribution in [0.3, 0.4) is 0 Å². The topological polar surface area (TPSA) is 185 Å². The number of esters is 2. The standard InChI is InChI=1S/C43H46N4O11S/c1-18-9-25-28(33(50)34(18)54-6)31-32-38-30-29(37-36(56-17-57-37)19(2)35(30)58-20(3)49)27(47(32)42(52)14-41(25,4)46(31)15-42)13-55-40(51)43(16-59-38)39-24(10-21(12-48)45-43)23-11-22(53-5)7-8-26(23)44-39/h7-9,11,21,27,31-32,38,44-45,48,50,52H,10,12-17H2,1-6H3/t21-,27-,31+,32?,38+,41?,42-,43+/m0/s1. The van der Waals surface area contributed by atoms with Gasteiger partial charge in [0, 0.05) is 76.4 Å². The molecule has 3 saturated heterocycles. The first-order valence-electron chi connectivity index (χ1n) is 20.0. The number of carbonyl (C=O) groups excluding carboxylic acids is 2. The molecular formula is C43H46N4O11S. The molecule has 0 radical (unpaired) electrons. The van der Waals surface area contributed by atoms with Crippen molar-refractivity contribution in [3.63, 3.8) is 0 Å². The number of methoxy groups -OCH3 is 2. The summed E-state index contributed by atoms with van der Waals surface area (Å²) in [6.45, 7) is 6.96. The van der Waals surface area contributed by atoms with Crippen molar-refractivity contribution >= 4 is 34.6 Å². The number of aromatic nitrogens is 1. The molecule has 8 aliphatic rings. The highest BCUT2D eigenvalue weighted by Crippen LogP contribution is 2.71. The number of aryl methyl sites for hydroxylation is 1. The van der Waals surface area contributed by atoms with Gasteiger partial charge >= 0.3 is 11.9 Å². The number of aromatic amines is 1. The molecule has 0 aliphatic carbocycles. The number of piperazine rings is 1. The summed E-state index contributed by atoms with van der Waals surface area (Å²) in [4.78, 5) is 36.1. The quantitative estimate of drug-likeness (QED) is 0.147. The Morgan fingerprint density at radius 3 is 2.61 bits per heavy atom. The van der Waals surface area contributed by atoms with Crippen LogP contribution in [0.1, 0.15) is 82.2 Å². The number of carbonyl (C=O) groups is 2. The van der Waals surface area contributed by atoms with E-state index in [1.807, 2.05) is 32.0 Å². The maximum atomic E-state index is 15.1. The SMILES string of the molecule is COc1ccc2[nH]c3c(c2c1)C[C@@H](CO)N[C@]31CS[C@@H]2c3c(OC(C)=O)c(C)c4c(c3[C@H](COC1=O)N1C2[C@H]2c3c(cc(C)c(OC)c3O)C3(C)C[C@]1(O)CN23)OCO4. The second kappa shape index (κ2) is 12.4. The molecule has 4 bridgehead atoms. The number of aromatic hydroxyl groups is 1. The molecule has 5 N–H and O–H groups in total. The summed E-state index contributed by atoms with van der Waals surface area (Å²) in [5.41, 5.74) is 3.08. The van der Waals surface area contributed by atoms with Crippen LogP contribution in [0.4, 0.5) is 0 Å². The Morgan fingerprint density at radius 2 is 1.86 bits per heavy atom. The van der Waals surface area contributed by atoms with Gasteiger partial charge < -0.3 is 48.7 Å². The van der Waals surface area contributed by atoms with E-state index in [1.165, 1.54) is 18.7 Å². The number of nitrogens with zero attached hydrogens (tertiary/aromatic N) is 2. The minimum Gasteiger partial charge on any atom is -0.504 e. The van der Waals surface area contributed by atoms with Crippen LogP contribution in [0.2, 0.25) is 0 Å². The summed E-state index contributed by atoms with van der Waals surface area (Å²) in [5.74, 6) is 1.35. The Labute approximate surface area is 343 Å². The van der Waals surface area contributed by atoms with E-state index in [0.29, 0.717) is 64.0 Å². The number of fused-ring (bicyclic) bond motifs is 11. The molecule has 2 unspecified atom stereocenters. The number of nitrogens with one attached hydrogen (secondary N) is 2. The number of phenolic OH excluding ortho intramolecular Hbond substituents is 1. The number of hydrogen-bond acceptors (Lipinski definition) is 15. The smallest absolute Gasteiger partial charge is 0.333 e. The molecule has 3 aromatic carbocycles. The molecule has 9 heterocycles. The molecule has 12 rings (SSSR count). The third kappa shape index (κ3) is 4.67. The number of thioether (sulfide) groups is 1. The third-order valence-electron chi connectivity index (χ3n) is 14.1. The van der Waals surface area contributed by atoms with E-state index in [1.54, 1.807) is 14.2 Å². The molecule has 1 spiro atoms. The summed E-state index contributed by atoms with van der Waals surface area (Å²) >= 11 is 1.48. The average Bonchev–Trinajstić information content (AvgIpc) is 3.95. The van der Waals surface area contributed by atoms with Gasteiger partial charge in [0.1, 0.15) is 23.8 Å². The van der Waals surface area contributed by atoms with Crippen molar-refractivity contribution in [1.29, 1.82) is 0 Å². The monoisotopic (exact) mass is 826 g/mol. The van der Waals surface area contributed by atoms with Gasteiger partial charge in [-0.05, 0) is 68.1 Å². The van der Waals surface area contributed by atoms with Crippen LogP contribution in [0.25, 0.3) is 10.9 Å². The largest absolute Gasteiger partial charge is 0.504 e. The van der Waals surface area contributed by atoms with Crippen molar-refractivity contribution in [3.8, 4) is 34.5 Å². The maximum absolute atomic E-state index is 15.1. The van der Waals surface area contributed by atoms with Gasteiger partial charge in [0.05, 0.1) is 43.9 Å². The van der Waals surface area contributed by atoms with E-state index in [-0.39, 0.29) is 38.1 Å². The fourth-order valence-corrected chi connectivity index (χ4v) is 13.6. The van der Waals surface area contributed by atoms with Crippen LogP contribution in [-0.4, -0.2) is 106 Å². The molecule has 59 heavy (non-hydrogen) atoms. The Kier molecular flexibility index (Phi) is 7.86. The zero-order valence-electron chi connectivity index (χ0n) is 33.6. The number of benzene rings is 3. The molecule has 3 fully saturated rings. The number of aliphatic hydroxyl groups excluding tert-OH is 1. The van der Waals surface area contributed by atoms with Gasteiger partial charge in [-0.2, -0.15) is 0 Å². The molecule has 8 atom stereocenters. The van der Waals surface area contributed by atoms with Gasteiger partial charge in [-0.3, -0.25) is 19.9 Å². The third-order valence-corrected chi connectivity index (χ3v) is 15.6. The Hall–Kier alpha value is -4.71. The van der Waals surface area contributed by atoms with Gasteiger partial charge in [0.2, 0.25) is 6.79 Å². The van der Waals surface area contributed by atoms with Gasteiger partial charge in [0.25, 0.3) is 0 Å². The summed E-state index contributed by atoms with van der Waals surface area (Å²) in [7, 11) is 3.15. The number of aliphatic hydroxyl groups is 2. The van der Waals surface area contributed by atoms with Gasteiger partial charge in [0.15, 0.2) is 28.5 Å². The Balaban J connectivity index is 1.18. The van der Waals surface area contributed by atoms with Crippen LogP contribution in [-0.2, 0) is 31.8 Å². The van der Waals surface area contributed by atoms with Crippen LogP contribution in [0.5, 0.6) is 34.5 Å². The lowest BCUT2D eigenvalue weighted by molar-refractivity contribution is -0.196.